The molecule has 15 heavy (non-hydrogen) atoms. The molecule has 0 heterocycles. The Labute approximate surface area is 93.0 Å². The maximum absolute atomic E-state index is 11.4. The predicted octanol–water partition coefficient (Wildman–Crippen LogP) is 1.68. The number of hydrogen-bond acceptors (Lipinski definition) is 2. The maximum Gasteiger partial charge on any atom is 0.233 e. The third-order valence-corrected chi connectivity index (χ3v) is 3.06. The van der Waals surface area contributed by atoms with Gasteiger partial charge in [0.2, 0.25) is 5.91 Å². The molecule has 0 aromatic carbocycles. The van der Waals surface area contributed by atoms with Crippen LogP contribution in [0.4, 0.5) is 0 Å². The van der Waals surface area contributed by atoms with Gasteiger partial charge in [0.25, 0.3) is 0 Å². The molecular formula is C12H24N2O. The highest BCUT2D eigenvalue weighted by Crippen LogP contribution is 2.23. The van der Waals surface area contributed by atoms with Crippen molar-refractivity contribution in [2.24, 2.45) is 5.92 Å². The highest BCUT2D eigenvalue weighted by molar-refractivity contribution is 5.77. The summed E-state index contributed by atoms with van der Waals surface area (Å²) in [6.07, 6.45) is 6.11. The van der Waals surface area contributed by atoms with Gasteiger partial charge in [0, 0.05) is 12.6 Å². The minimum atomic E-state index is 0.134. The van der Waals surface area contributed by atoms with E-state index in [4.69, 9.17) is 0 Å². The zero-order chi connectivity index (χ0) is 11.1. The van der Waals surface area contributed by atoms with Crippen LogP contribution in [0.15, 0.2) is 0 Å². The topological polar surface area (TPSA) is 41.1 Å². The van der Waals surface area contributed by atoms with Gasteiger partial charge in [0.1, 0.15) is 0 Å². The second-order valence-corrected chi connectivity index (χ2v) is 4.70. The van der Waals surface area contributed by atoms with Crippen LogP contribution >= 0.6 is 0 Å². The fourth-order valence-corrected chi connectivity index (χ4v) is 2.18. The average molecular weight is 212 g/mol. The Morgan fingerprint density at radius 3 is 2.87 bits per heavy atom. The van der Waals surface area contributed by atoms with E-state index in [1.54, 1.807) is 0 Å². The second-order valence-electron chi connectivity index (χ2n) is 4.70. The van der Waals surface area contributed by atoms with Gasteiger partial charge < -0.3 is 10.6 Å². The second kappa shape index (κ2) is 6.83. The number of nitrogens with one attached hydrogen (secondary N) is 2. The van der Waals surface area contributed by atoms with Crippen molar-refractivity contribution in [2.75, 3.05) is 13.1 Å². The number of carbonyl (C=O) groups excluding carboxylic acids is 1. The van der Waals surface area contributed by atoms with E-state index in [-0.39, 0.29) is 5.91 Å². The summed E-state index contributed by atoms with van der Waals surface area (Å²) in [5.41, 5.74) is 0. The van der Waals surface area contributed by atoms with Gasteiger partial charge in [-0.05, 0) is 25.2 Å². The van der Waals surface area contributed by atoms with Crippen LogP contribution < -0.4 is 10.6 Å². The van der Waals surface area contributed by atoms with Crippen molar-refractivity contribution in [1.82, 2.24) is 10.6 Å². The molecule has 1 amide bonds. The maximum atomic E-state index is 11.4. The average Bonchev–Trinajstić information content (AvgIpc) is 2.23. The number of amides is 1. The van der Waals surface area contributed by atoms with Crippen LogP contribution in [0.25, 0.3) is 0 Å². The highest BCUT2D eigenvalue weighted by atomic mass is 16.1. The molecule has 0 aromatic heterocycles. The molecule has 1 aliphatic rings. The monoisotopic (exact) mass is 212 g/mol. The Balaban J connectivity index is 2.10. The molecule has 1 rings (SSSR count). The van der Waals surface area contributed by atoms with Crippen molar-refractivity contribution in [3.05, 3.63) is 0 Å². The van der Waals surface area contributed by atoms with Crippen molar-refractivity contribution in [3.63, 3.8) is 0 Å². The summed E-state index contributed by atoms with van der Waals surface area (Å²) in [7, 11) is 0. The summed E-state index contributed by atoms with van der Waals surface area (Å²) in [5.74, 6) is 0.949. The molecule has 1 saturated carbocycles. The first kappa shape index (κ1) is 12.5. The summed E-state index contributed by atoms with van der Waals surface area (Å²) >= 11 is 0. The smallest absolute Gasteiger partial charge is 0.233 e. The van der Waals surface area contributed by atoms with Gasteiger partial charge in [-0.1, -0.05) is 26.7 Å². The van der Waals surface area contributed by atoms with E-state index >= 15 is 0 Å². The Kier molecular flexibility index (Phi) is 5.69. The number of carbonyl (C=O) groups is 1. The summed E-state index contributed by atoms with van der Waals surface area (Å²) < 4.78 is 0. The van der Waals surface area contributed by atoms with Crippen LogP contribution in [-0.2, 0) is 4.79 Å². The molecule has 88 valence electrons. The SMILES string of the molecule is CCCNC(=O)CNC1CCCC(C)C1. The largest absolute Gasteiger partial charge is 0.355 e. The van der Waals surface area contributed by atoms with E-state index < -0.39 is 0 Å². The molecule has 0 saturated heterocycles. The van der Waals surface area contributed by atoms with Gasteiger partial charge in [-0.3, -0.25) is 4.79 Å². The first-order valence-corrected chi connectivity index (χ1v) is 6.22. The van der Waals surface area contributed by atoms with Crippen molar-refractivity contribution >= 4 is 5.91 Å². The van der Waals surface area contributed by atoms with E-state index in [0.717, 1.165) is 18.9 Å². The lowest BCUT2D eigenvalue weighted by Crippen LogP contribution is -2.41. The first-order chi connectivity index (χ1) is 7.22. The minimum absolute atomic E-state index is 0.134. The van der Waals surface area contributed by atoms with Gasteiger partial charge in [0.15, 0.2) is 0 Å². The lowest BCUT2D eigenvalue weighted by molar-refractivity contribution is -0.120. The fraction of sp³-hybridized carbons (Fsp3) is 0.917. The Bertz CT molecular complexity index is 194. The number of hydrogen-bond donors (Lipinski definition) is 2. The third kappa shape index (κ3) is 5.17. The van der Waals surface area contributed by atoms with E-state index in [0.29, 0.717) is 12.6 Å². The lowest BCUT2D eigenvalue weighted by Gasteiger charge is -2.27. The van der Waals surface area contributed by atoms with Crippen LogP contribution in [0.5, 0.6) is 0 Å². The van der Waals surface area contributed by atoms with Crippen molar-refractivity contribution < 1.29 is 4.79 Å². The molecule has 0 bridgehead atoms. The summed E-state index contributed by atoms with van der Waals surface area (Å²) in [4.78, 5) is 11.4. The lowest BCUT2D eigenvalue weighted by atomic mass is 9.87. The molecule has 0 spiro atoms. The van der Waals surface area contributed by atoms with Crippen LogP contribution in [0.2, 0.25) is 0 Å². The zero-order valence-corrected chi connectivity index (χ0v) is 10.0. The van der Waals surface area contributed by atoms with Crippen molar-refractivity contribution in [1.29, 1.82) is 0 Å². The Morgan fingerprint density at radius 1 is 1.40 bits per heavy atom. The van der Waals surface area contributed by atoms with Crippen LogP contribution in [0.1, 0.15) is 46.0 Å². The normalized spacial score (nSPS) is 26.3. The third-order valence-electron chi connectivity index (χ3n) is 3.06. The molecule has 2 unspecified atom stereocenters. The molecule has 1 aliphatic carbocycles. The van der Waals surface area contributed by atoms with Crippen LogP contribution in [0.3, 0.4) is 0 Å². The van der Waals surface area contributed by atoms with E-state index in [9.17, 15) is 4.79 Å². The molecule has 0 radical (unpaired) electrons. The molecule has 2 atom stereocenters. The first-order valence-electron chi connectivity index (χ1n) is 6.22. The van der Waals surface area contributed by atoms with Gasteiger partial charge >= 0.3 is 0 Å². The molecule has 0 aliphatic heterocycles. The van der Waals surface area contributed by atoms with Gasteiger partial charge in [-0.2, -0.15) is 0 Å². The minimum Gasteiger partial charge on any atom is -0.355 e. The van der Waals surface area contributed by atoms with E-state index in [2.05, 4.69) is 24.5 Å². The summed E-state index contributed by atoms with van der Waals surface area (Å²) in [6, 6.07) is 0.557. The summed E-state index contributed by atoms with van der Waals surface area (Å²) in [6.45, 7) is 5.64. The highest BCUT2D eigenvalue weighted by Gasteiger charge is 2.18. The summed E-state index contributed by atoms with van der Waals surface area (Å²) in [5, 5.41) is 6.23. The zero-order valence-electron chi connectivity index (χ0n) is 10.0. The van der Waals surface area contributed by atoms with Crippen LogP contribution in [-0.4, -0.2) is 25.0 Å². The fourth-order valence-electron chi connectivity index (χ4n) is 2.18. The Hall–Kier alpha value is -0.570. The standard InChI is InChI=1S/C12H24N2O/c1-3-7-13-12(15)9-14-11-6-4-5-10(2)8-11/h10-11,14H,3-9H2,1-2H3,(H,13,15). The van der Waals surface area contributed by atoms with Gasteiger partial charge in [0.05, 0.1) is 6.54 Å². The molecule has 2 N–H and O–H groups in total. The van der Waals surface area contributed by atoms with Crippen LogP contribution in [0, 0.1) is 5.92 Å². The van der Waals surface area contributed by atoms with Gasteiger partial charge in [-0.15, -0.1) is 0 Å². The van der Waals surface area contributed by atoms with E-state index in [1.807, 2.05) is 0 Å². The predicted molar refractivity (Wildman–Crippen MR) is 62.7 cm³/mol. The molecule has 1 fully saturated rings. The molecular weight excluding hydrogens is 188 g/mol. The quantitative estimate of drug-likeness (QED) is 0.728. The van der Waals surface area contributed by atoms with E-state index in [1.165, 1.54) is 25.7 Å². The van der Waals surface area contributed by atoms with Gasteiger partial charge in [-0.25, -0.2) is 0 Å². The molecule has 3 heteroatoms. The molecule has 0 aromatic rings. The van der Waals surface area contributed by atoms with Crippen molar-refractivity contribution in [3.8, 4) is 0 Å². The number of rotatable bonds is 5. The molecule has 3 nitrogen and oxygen atoms in total. The Morgan fingerprint density at radius 2 is 2.20 bits per heavy atom. The van der Waals surface area contributed by atoms with Crippen molar-refractivity contribution in [2.45, 2.75) is 52.0 Å².